The van der Waals surface area contributed by atoms with Crippen LogP contribution in [0, 0.1) is 0 Å². The molecule has 0 N–H and O–H groups in total. The van der Waals surface area contributed by atoms with Crippen molar-refractivity contribution in [3.63, 3.8) is 0 Å². The molecule has 0 bridgehead atoms. The van der Waals surface area contributed by atoms with Crippen LogP contribution in [0.4, 0.5) is 0 Å². The van der Waals surface area contributed by atoms with Crippen molar-refractivity contribution in [3.8, 4) is 22.6 Å². The standard InChI is InChI=1S/C19H21NO4/c1-22-17-11-16(15-5-3-2-4-6-15)12-18(13-17)24-14-19(21)20-7-9-23-10-8-20/h2-6,11-13H,7-10,14H2,1H3. The maximum absolute atomic E-state index is 12.2. The highest BCUT2D eigenvalue weighted by molar-refractivity contribution is 5.78. The number of benzene rings is 2. The summed E-state index contributed by atoms with van der Waals surface area (Å²) in [5.74, 6) is 1.29. The Morgan fingerprint density at radius 2 is 1.75 bits per heavy atom. The van der Waals surface area contributed by atoms with E-state index in [2.05, 4.69) is 0 Å². The molecule has 24 heavy (non-hydrogen) atoms. The minimum absolute atomic E-state index is 0.0153. The zero-order chi connectivity index (χ0) is 16.8. The highest BCUT2D eigenvalue weighted by Crippen LogP contribution is 2.29. The van der Waals surface area contributed by atoms with E-state index in [1.165, 1.54) is 0 Å². The van der Waals surface area contributed by atoms with Crippen LogP contribution in [0.5, 0.6) is 11.5 Å². The normalized spacial score (nSPS) is 14.3. The van der Waals surface area contributed by atoms with Gasteiger partial charge in [0.15, 0.2) is 6.61 Å². The van der Waals surface area contributed by atoms with Crippen LogP contribution in [0.15, 0.2) is 48.5 Å². The number of hydrogen-bond acceptors (Lipinski definition) is 4. The summed E-state index contributed by atoms with van der Waals surface area (Å²) in [4.78, 5) is 14.0. The molecule has 1 saturated heterocycles. The van der Waals surface area contributed by atoms with Crippen molar-refractivity contribution in [3.05, 3.63) is 48.5 Å². The van der Waals surface area contributed by atoms with E-state index in [0.29, 0.717) is 37.8 Å². The van der Waals surface area contributed by atoms with Gasteiger partial charge in [-0.15, -0.1) is 0 Å². The van der Waals surface area contributed by atoms with E-state index >= 15 is 0 Å². The molecule has 3 rings (SSSR count). The number of rotatable bonds is 5. The molecule has 0 aliphatic carbocycles. The predicted octanol–water partition coefficient (Wildman–Crippen LogP) is 2.60. The minimum atomic E-state index is -0.0256. The molecule has 2 aromatic carbocycles. The first-order valence-corrected chi connectivity index (χ1v) is 7.99. The summed E-state index contributed by atoms with van der Waals surface area (Å²) in [7, 11) is 1.62. The minimum Gasteiger partial charge on any atom is -0.497 e. The fourth-order valence-electron chi connectivity index (χ4n) is 2.62. The molecule has 1 fully saturated rings. The summed E-state index contributed by atoms with van der Waals surface area (Å²) in [5, 5.41) is 0. The van der Waals surface area contributed by atoms with E-state index in [9.17, 15) is 4.79 Å². The van der Waals surface area contributed by atoms with E-state index in [1.54, 1.807) is 18.1 Å². The summed E-state index contributed by atoms with van der Waals surface area (Å²) in [5.41, 5.74) is 2.06. The topological polar surface area (TPSA) is 48.0 Å². The van der Waals surface area contributed by atoms with Gasteiger partial charge in [0.2, 0.25) is 0 Å². The maximum Gasteiger partial charge on any atom is 0.260 e. The lowest BCUT2D eigenvalue weighted by molar-refractivity contribution is -0.137. The molecule has 5 nitrogen and oxygen atoms in total. The van der Waals surface area contributed by atoms with E-state index in [-0.39, 0.29) is 12.5 Å². The van der Waals surface area contributed by atoms with Crippen molar-refractivity contribution < 1.29 is 19.0 Å². The highest BCUT2D eigenvalue weighted by Gasteiger charge is 2.17. The van der Waals surface area contributed by atoms with E-state index in [0.717, 1.165) is 11.1 Å². The Morgan fingerprint density at radius 3 is 2.46 bits per heavy atom. The number of amides is 1. The monoisotopic (exact) mass is 327 g/mol. The third kappa shape index (κ3) is 4.06. The lowest BCUT2D eigenvalue weighted by Crippen LogP contribution is -2.42. The average Bonchev–Trinajstić information content (AvgIpc) is 2.67. The number of hydrogen-bond donors (Lipinski definition) is 0. The molecule has 0 atom stereocenters. The van der Waals surface area contributed by atoms with E-state index in [1.807, 2.05) is 42.5 Å². The molecule has 1 aliphatic heterocycles. The van der Waals surface area contributed by atoms with Crippen LogP contribution in [0.1, 0.15) is 0 Å². The Morgan fingerprint density at radius 1 is 1.04 bits per heavy atom. The molecule has 0 aromatic heterocycles. The molecule has 1 heterocycles. The van der Waals surface area contributed by atoms with Crippen LogP contribution in [0.2, 0.25) is 0 Å². The van der Waals surface area contributed by atoms with Gasteiger partial charge in [0.25, 0.3) is 5.91 Å². The lowest BCUT2D eigenvalue weighted by atomic mass is 10.1. The Balaban J connectivity index is 1.72. The first-order chi connectivity index (χ1) is 11.8. The number of methoxy groups -OCH3 is 1. The molecular weight excluding hydrogens is 306 g/mol. The van der Waals surface area contributed by atoms with Gasteiger partial charge in [0.1, 0.15) is 11.5 Å². The highest BCUT2D eigenvalue weighted by atomic mass is 16.5. The Bertz CT molecular complexity index is 681. The molecule has 1 amide bonds. The number of morpholine rings is 1. The molecule has 126 valence electrons. The third-order valence-electron chi connectivity index (χ3n) is 3.95. The molecule has 0 unspecified atom stereocenters. The van der Waals surface area contributed by atoms with Gasteiger partial charge in [-0.3, -0.25) is 4.79 Å². The third-order valence-corrected chi connectivity index (χ3v) is 3.95. The second-order valence-corrected chi connectivity index (χ2v) is 5.55. The largest absolute Gasteiger partial charge is 0.497 e. The lowest BCUT2D eigenvalue weighted by Gasteiger charge is -2.26. The van der Waals surface area contributed by atoms with E-state index < -0.39 is 0 Å². The van der Waals surface area contributed by atoms with Crippen LogP contribution >= 0.6 is 0 Å². The second kappa shape index (κ2) is 7.84. The number of carbonyl (C=O) groups excluding carboxylic acids is 1. The summed E-state index contributed by atoms with van der Waals surface area (Å²) in [6.45, 7) is 2.43. The predicted molar refractivity (Wildman–Crippen MR) is 91.3 cm³/mol. The average molecular weight is 327 g/mol. The molecule has 1 aliphatic rings. The van der Waals surface area contributed by atoms with Crippen LogP contribution in [-0.4, -0.2) is 50.8 Å². The quantitative estimate of drug-likeness (QED) is 0.847. The van der Waals surface area contributed by atoms with Gasteiger partial charge >= 0.3 is 0 Å². The first kappa shape index (κ1) is 16.3. The number of nitrogens with zero attached hydrogens (tertiary/aromatic N) is 1. The van der Waals surface area contributed by atoms with E-state index in [4.69, 9.17) is 14.2 Å². The maximum atomic E-state index is 12.2. The van der Waals surface area contributed by atoms with Crippen molar-refractivity contribution >= 4 is 5.91 Å². The summed E-state index contributed by atoms with van der Waals surface area (Å²) in [6.07, 6.45) is 0. The summed E-state index contributed by atoms with van der Waals surface area (Å²) >= 11 is 0. The molecule has 0 spiro atoms. The summed E-state index contributed by atoms with van der Waals surface area (Å²) in [6, 6.07) is 15.7. The zero-order valence-electron chi connectivity index (χ0n) is 13.7. The van der Waals surface area contributed by atoms with Crippen LogP contribution in [0.3, 0.4) is 0 Å². The van der Waals surface area contributed by atoms with Gasteiger partial charge in [0.05, 0.1) is 20.3 Å². The molecule has 2 aromatic rings. The Kier molecular flexibility index (Phi) is 5.33. The van der Waals surface area contributed by atoms with Gasteiger partial charge in [-0.25, -0.2) is 0 Å². The van der Waals surface area contributed by atoms with Gasteiger partial charge < -0.3 is 19.1 Å². The summed E-state index contributed by atoms with van der Waals surface area (Å²) < 4.78 is 16.3. The smallest absolute Gasteiger partial charge is 0.260 e. The van der Waals surface area contributed by atoms with Gasteiger partial charge in [-0.2, -0.15) is 0 Å². The Hall–Kier alpha value is -2.53. The zero-order valence-corrected chi connectivity index (χ0v) is 13.7. The molecular formula is C19H21NO4. The second-order valence-electron chi connectivity index (χ2n) is 5.55. The van der Waals surface area contributed by atoms with Crippen molar-refractivity contribution in [2.24, 2.45) is 0 Å². The fourth-order valence-corrected chi connectivity index (χ4v) is 2.62. The van der Waals surface area contributed by atoms with Crippen molar-refractivity contribution in [1.82, 2.24) is 4.90 Å². The first-order valence-electron chi connectivity index (χ1n) is 7.99. The van der Waals surface area contributed by atoms with Crippen LogP contribution in [0.25, 0.3) is 11.1 Å². The Labute approximate surface area is 141 Å². The van der Waals surface area contributed by atoms with Gasteiger partial charge in [-0.1, -0.05) is 30.3 Å². The van der Waals surface area contributed by atoms with Crippen molar-refractivity contribution in [2.45, 2.75) is 0 Å². The number of ether oxygens (including phenoxy) is 3. The molecule has 0 radical (unpaired) electrons. The van der Waals surface area contributed by atoms with Crippen LogP contribution < -0.4 is 9.47 Å². The van der Waals surface area contributed by atoms with Crippen molar-refractivity contribution in [2.75, 3.05) is 40.0 Å². The fraction of sp³-hybridized carbons (Fsp3) is 0.316. The number of carbonyl (C=O) groups is 1. The van der Waals surface area contributed by atoms with Crippen molar-refractivity contribution in [1.29, 1.82) is 0 Å². The molecule has 5 heteroatoms. The molecule has 0 saturated carbocycles. The SMILES string of the molecule is COc1cc(OCC(=O)N2CCOCC2)cc(-c2ccccc2)c1. The van der Waals surface area contributed by atoms with Gasteiger partial charge in [0, 0.05) is 19.2 Å². The van der Waals surface area contributed by atoms with Crippen LogP contribution in [-0.2, 0) is 9.53 Å². The van der Waals surface area contributed by atoms with Gasteiger partial charge in [-0.05, 0) is 23.3 Å².